The van der Waals surface area contributed by atoms with Crippen LogP contribution in [-0.4, -0.2) is 18.5 Å². The van der Waals surface area contributed by atoms with Crippen molar-refractivity contribution in [2.24, 2.45) is 5.10 Å². The maximum Gasteiger partial charge on any atom is 0.0644 e. The topological polar surface area (TPSA) is 24.4 Å². The summed E-state index contributed by atoms with van der Waals surface area (Å²) in [6, 6.07) is 8.64. The van der Waals surface area contributed by atoms with E-state index < -0.39 is 0 Å². The molecule has 3 heteroatoms. The molecule has 0 unspecified atom stereocenters. The number of thioether (sulfide) groups is 1. The molecule has 0 aliphatic rings. The molecule has 1 rings (SSSR count). The van der Waals surface area contributed by atoms with E-state index in [0.29, 0.717) is 0 Å². The first-order chi connectivity index (χ1) is 8.27. The molecule has 0 heterocycles. The fraction of sp³-hybridized carbons (Fsp3) is 0.500. The minimum absolute atomic E-state index is 1.02. The lowest BCUT2D eigenvalue weighted by molar-refractivity contribution is 0.778. The summed E-state index contributed by atoms with van der Waals surface area (Å²) in [5, 5.41) is 4.17. The van der Waals surface area contributed by atoms with Gasteiger partial charge >= 0.3 is 0 Å². The predicted octanol–water partition coefficient (Wildman–Crippen LogP) is 3.91. The second-order valence-electron chi connectivity index (χ2n) is 4.00. The first kappa shape index (κ1) is 14.1. The van der Waals surface area contributed by atoms with Crippen molar-refractivity contribution in [1.82, 2.24) is 5.43 Å². The van der Waals surface area contributed by atoms with Crippen molar-refractivity contribution >= 4 is 17.5 Å². The summed E-state index contributed by atoms with van der Waals surface area (Å²) in [4.78, 5) is 1.35. The molecule has 1 aromatic carbocycles. The Labute approximate surface area is 109 Å². The standard InChI is InChI=1S/C14H22N2S/c1-4-5-6-11-17-14-9-7-13(8-10-14)12(2)16-15-3/h7-10,15H,4-6,11H2,1-3H3/b16-12+. The van der Waals surface area contributed by atoms with Gasteiger partial charge in [-0.05, 0) is 36.8 Å². The number of hydrogen-bond acceptors (Lipinski definition) is 3. The number of nitrogens with zero attached hydrogens (tertiary/aromatic N) is 1. The summed E-state index contributed by atoms with van der Waals surface area (Å²) >= 11 is 1.94. The van der Waals surface area contributed by atoms with Crippen molar-refractivity contribution in [2.45, 2.75) is 38.0 Å². The molecule has 2 nitrogen and oxygen atoms in total. The van der Waals surface area contributed by atoms with Crippen LogP contribution in [0.4, 0.5) is 0 Å². The Bertz CT molecular complexity index is 344. The Morgan fingerprint density at radius 2 is 1.94 bits per heavy atom. The number of nitrogens with one attached hydrogen (secondary N) is 1. The van der Waals surface area contributed by atoms with Crippen molar-refractivity contribution in [3.8, 4) is 0 Å². The summed E-state index contributed by atoms with van der Waals surface area (Å²) in [6.45, 7) is 4.25. The molecule has 94 valence electrons. The van der Waals surface area contributed by atoms with Crippen LogP contribution in [-0.2, 0) is 0 Å². The molecule has 0 saturated carbocycles. The predicted molar refractivity (Wildman–Crippen MR) is 78.0 cm³/mol. The maximum atomic E-state index is 4.17. The van der Waals surface area contributed by atoms with E-state index in [9.17, 15) is 0 Å². The molecule has 0 amide bonds. The fourth-order valence-electron chi connectivity index (χ4n) is 1.57. The van der Waals surface area contributed by atoms with E-state index in [4.69, 9.17) is 0 Å². The van der Waals surface area contributed by atoms with Gasteiger partial charge in [-0.1, -0.05) is 31.9 Å². The molecule has 0 spiro atoms. The second kappa shape index (κ2) is 8.18. The minimum Gasteiger partial charge on any atom is -0.313 e. The van der Waals surface area contributed by atoms with Gasteiger partial charge in [-0.3, -0.25) is 0 Å². The summed E-state index contributed by atoms with van der Waals surface area (Å²) in [7, 11) is 1.82. The third-order valence-corrected chi connectivity index (χ3v) is 3.67. The third-order valence-electron chi connectivity index (χ3n) is 2.57. The number of benzene rings is 1. The van der Waals surface area contributed by atoms with Crippen molar-refractivity contribution in [3.05, 3.63) is 29.8 Å². The molecule has 1 aromatic rings. The smallest absolute Gasteiger partial charge is 0.0644 e. The van der Waals surface area contributed by atoms with Gasteiger partial charge in [0.25, 0.3) is 0 Å². The van der Waals surface area contributed by atoms with Crippen molar-refractivity contribution in [1.29, 1.82) is 0 Å². The zero-order valence-electron chi connectivity index (χ0n) is 11.0. The Balaban J connectivity index is 2.47. The maximum absolute atomic E-state index is 4.17. The van der Waals surface area contributed by atoms with E-state index in [2.05, 4.69) is 41.7 Å². The van der Waals surface area contributed by atoms with Gasteiger partial charge in [-0.2, -0.15) is 5.10 Å². The molecule has 0 radical (unpaired) electrons. The van der Waals surface area contributed by atoms with Crippen LogP contribution in [0.1, 0.15) is 38.7 Å². The van der Waals surface area contributed by atoms with Crippen LogP contribution in [0.5, 0.6) is 0 Å². The van der Waals surface area contributed by atoms with Crippen molar-refractivity contribution in [2.75, 3.05) is 12.8 Å². The Kier molecular flexibility index (Phi) is 6.78. The molecule has 1 N–H and O–H groups in total. The number of hydrogen-bond donors (Lipinski definition) is 1. The van der Waals surface area contributed by atoms with Crippen LogP contribution in [0.15, 0.2) is 34.3 Å². The second-order valence-corrected chi connectivity index (χ2v) is 5.17. The number of rotatable bonds is 7. The van der Waals surface area contributed by atoms with Gasteiger partial charge in [0.15, 0.2) is 0 Å². The molecule has 0 saturated heterocycles. The van der Waals surface area contributed by atoms with Crippen LogP contribution in [0, 0.1) is 0 Å². The molecule has 17 heavy (non-hydrogen) atoms. The van der Waals surface area contributed by atoms with E-state index >= 15 is 0 Å². The molecule has 0 aliphatic heterocycles. The highest BCUT2D eigenvalue weighted by Crippen LogP contribution is 2.20. The lowest BCUT2D eigenvalue weighted by atomic mass is 10.1. The van der Waals surface area contributed by atoms with Crippen LogP contribution in [0.25, 0.3) is 0 Å². The normalized spacial score (nSPS) is 11.6. The minimum atomic E-state index is 1.02. The van der Waals surface area contributed by atoms with Crippen LogP contribution >= 0.6 is 11.8 Å². The fourth-order valence-corrected chi connectivity index (χ4v) is 2.48. The third kappa shape index (κ3) is 5.26. The highest BCUT2D eigenvalue weighted by atomic mass is 32.2. The molecular weight excluding hydrogens is 228 g/mol. The van der Waals surface area contributed by atoms with Gasteiger partial charge in [0.05, 0.1) is 5.71 Å². The van der Waals surface area contributed by atoms with Gasteiger partial charge in [-0.25, -0.2) is 0 Å². The summed E-state index contributed by atoms with van der Waals surface area (Å²) in [5.41, 5.74) is 5.01. The highest BCUT2D eigenvalue weighted by molar-refractivity contribution is 7.99. The van der Waals surface area contributed by atoms with Gasteiger partial charge in [-0.15, -0.1) is 11.8 Å². The molecule has 0 aromatic heterocycles. The zero-order chi connectivity index (χ0) is 12.5. The van der Waals surface area contributed by atoms with Crippen LogP contribution < -0.4 is 5.43 Å². The van der Waals surface area contributed by atoms with Gasteiger partial charge in [0.2, 0.25) is 0 Å². The van der Waals surface area contributed by atoms with E-state index in [0.717, 1.165) is 5.71 Å². The number of unbranched alkanes of at least 4 members (excludes halogenated alkanes) is 2. The quantitative estimate of drug-likeness (QED) is 0.343. The molecular formula is C14H22N2S. The largest absolute Gasteiger partial charge is 0.313 e. The average molecular weight is 250 g/mol. The average Bonchev–Trinajstić information content (AvgIpc) is 2.36. The molecule has 0 bridgehead atoms. The van der Waals surface area contributed by atoms with Crippen molar-refractivity contribution < 1.29 is 0 Å². The number of hydrazone groups is 1. The van der Waals surface area contributed by atoms with Gasteiger partial charge in [0, 0.05) is 11.9 Å². The van der Waals surface area contributed by atoms with Gasteiger partial charge in [0.1, 0.15) is 0 Å². The highest BCUT2D eigenvalue weighted by Gasteiger charge is 1.98. The van der Waals surface area contributed by atoms with E-state index in [1.807, 2.05) is 25.7 Å². The van der Waals surface area contributed by atoms with Crippen LogP contribution in [0.2, 0.25) is 0 Å². The molecule has 0 fully saturated rings. The monoisotopic (exact) mass is 250 g/mol. The Morgan fingerprint density at radius 3 is 2.53 bits per heavy atom. The molecule has 0 aliphatic carbocycles. The first-order valence-electron chi connectivity index (χ1n) is 6.22. The van der Waals surface area contributed by atoms with Gasteiger partial charge < -0.3 is 5.43 Å². The zero-order valence-corrected chi connectivity index (χ0v) is 11.8. The Hall–Kier alpha value is -0.960. The molecule has 0 atom stereocenters. The van der Waals surface area contributed by atoms with E-state index in [-0.39, 0.29) is 0 Å². The SMILES string of the molecule is CCCCCSc1ccc(/C(C)=N/NC)cc1. The lowest BCUT2D eigenvalue weighted by Gasteiger charge is -2.04. The lowest BCUT2D eigenvalue weighted by Crippen LogP contribution is -2.02. The first-order valence-corrected chi connectivity index (χ1v) is 7.20. The summed E-state index contributed by atoms with van der Waals surface area (Å²) in [6.07, 6.45) is 3.93. The van der Waals surface area contributed by atoms with Crippen molar-refractivity contribution in [3.63, 3.8) is 0 Å². The Morgan fingerprint density at radius 1 is 1.24 bits per heavy atom. The van der Waals surface area contributed by atoms with E-state index in [1.54, 1.807) is 0 Å². The van der Waals surface area contributed by atoms with E-state index in [1.165, 1.54) is 35.5 Å². The van der Waals surface area contributed by atoms with Crippen LogP contribution in [0.3, 0.4) is 0 Å². The summed E-state index contributed by atoms with van der Waals surface area (Å²) < 4.78 is 0. The summed E-state index contributed by atoms with van der Waals surface area (Å²) in [5.74, 6) is 1.22.